The van der Waals surface area contributed by atoms with Crippen molar-refractivity contribution in [3.05, 3.63) is 109 Å². The molecule has 310 valence electrons. The van der Waals surface area contributed by atoms with Crippen LogP contribution in [0.3, 0.4) is 0 Å². The van der Waals surface area contributed by atoms with Crippen molar-refractivity contribution < 1.29 is 43.0 Å². The maximum absolute atomic E-state index is 12.4. The second-order valence-corrected chi connectivity index (χ2v) is 14.3. The predicted octanol–water partition coefficient (Wildman–Crippen LogP) is 11.4. The number of unbranched alkanes of at least 4 members (excludes halogenated alkanes) is 6. The summed E-state index contributed by atoms with van der Waals surface area (Å²) in [4.78, 5) is 42.8. The van der Waals surface area contributed by atoms with E-state index in [4.69, 9.17) is 19.3 Å². The topological polar surface area (TPSA) is 140 Å². The quantitative estimate of drug-likeness (QED) is 0.0188. The Kier molecular flexibility index (Phi) is 36.6. The van der Waals surface area contributed by atoms with E-state index in [1.54, 1.807) is 12.2 Å². The molecule has 1 unspecified atom stereocenters. The zero-order valence-corrected chi connectivity index (χ0v) is 34.5. The number of hydrogen-bond donors (Lipinski definition) is 3. The summed E-state index contributed by atoms with van der Waals surface area (Å²) in [6.07, 6.45) is 51.4. The third-order valence-electron chi connectivity index (χ3n) is 7.89. The maximum Gasteiger partial charge on any atom is 0.469 e. The van der Waals surface area contributed by atoms with E-state index < -0.39 is 45.2 Å². The Morgan fingerprint density at radius 1 is 0.582 bits per heavy atom. The third kappa shape index (κ3) is 41.7. The fourth-order valence-corrected chi connectivity index (χ4v) is 5.24. The Morgan fingerprint density at radius 3 is 1.69 bits per heavy atom. The van der Waals surface area contributed by atoms with Gasteiger partial charge in [-0.3, -0.25) is 14.1 Å². The number of carbonyl (C=O) groups is 2. The Bertz CT molecular complexity index is 1270. The smallest absolute Gasteiger partial charge is 0.462 e. The number of phosphoric ester groups is 1. The Hall–Kier alpha value is -3.33. The monoisotopic (exact) mass is 786 g/mol. The number of rotatable bonds is 35. The molecule has 0 aromatic carbocycles. The minimum Gasteiger partial charge on any atom is -0.462 e. The molecule has 0 rings (SSSR count). The first-order valence-corrected chi connectivity index (χ1v) is 21.8. The van der Waals surface area contributed by atoms with Gasteiger partial charge in [-0.1, -0.05) is 155 Å². The molecule has 0 aromatic heterocycles. The van der Waals surface area contributed by atoms with Crippen LogP contribution in [0.4, 0.5) is 0 Å². The lowest BCUT2D eigenvalue weighted by molar-refractivity contribution is -0.161. The summed E-state index contributed by atoms with van der Waals surface area (Å²) in [7, 11) is -4.83. The van der Waals surface area contributed by atoms with Gasteiger partial charge in [-0.25, -0.2) is 4.57 Å². The molecular formula is C45H71O9P. The molecule has 9 nitrogen and oxygen atoms in total. The van der Waals surface area contributed by atoms with Crippen LogP contribution in [0.5, 0.6) is 0 Å². The van der Waals surface area contributed by atoms with Crippen molar-refractivity contribution >= 4 is 19.8 Å². The largest absolute Gasteiger partial charge is 0.469 e. The van der Waals surface area contributed by atoms with Crippen LogP contribution in [0.15, 0.2) is 109 Å². The van der Waals surface area contributed by atoms with Gasteiger partial charge in [0.05, 0.1) is 12.7 Å². The van der Waals surface area contributed by atoms with Gasteiger partial charge in [0, 0.05) is 12.8 Å². The van der Waals surface area contributed by atoms with Crippen LogP contribution < -0.4 is 0 Å². The van der Waals surface area contributed by atoms with E-state index in [9.17, 15) is 19.3 Å². The second kappa shape index (κ2) is 38.9. The van der Waals surface area contributed by atoms with E-state index >= 15 is 0 Å². The first kappa shape index (κ1) is 51.7. The normalized spacial score (nSPS) is 14.2. The van der Waals surface area contributed by atoms with Gasteiger partial charge in [0.2, 0.25) is 0 Å². The van der Waals surface area contributed by atoms with Gasteiger partial charge in [-0.05, 0) is 77.0 Å². The van der Waals surface area contributed by atoms with E-state index in [1.165, 1.54) is 38.5 Å². The molecule has 0 aliphatic carbocycles. The molecule has 10 heteroatoms. The zero-order valence-electron chi connectivity index (χ0n) is 33.6. The summed E-state index contributed by atoms with van der Waals surface area (Å²) in [5.41, 5.74) is 0. The summed E-state index contributed by atoms with van der Waals surface area (Å²) in [6, 6.07) is 0. The number of phosphoric acid groups is 1. The molecule has 55 heavy (non-hydrogen) atoms. The van der Waals surface area contributed by atoms with Gasteiger partial charge < -0.3 is 24.4 Å². The number of aliphatic hydroxyl groups is 1. The standard InChI is InChI=1S/C45H71O9P/c1-3-5-7-9-11-13-15-17-18-19-20-21-22-24-26-28-30-32-34-38-45(48)54-43(41-53-55(49,50)51)40-52-44(47)39-35-37-42(46)36-33-31-29-27-25-23-16-14-12-10-8-6-4-2/h5,7,11,13,17-18,20-21,23-26,29-33,36,42-43,46H,3-4,6,8-10,12,14-16,19,22,27-28,34-35,37-41H2,1-2H3,(H2,49,50,51)/b7-5-,13-11-,18-17-,21-20-,25-23+,26-24-,31-29+,32-30-,36-33+/t42?,43-/m1/s1. The van der Waals surface area contributed by atoms with Crippen LogP contribution in [0.1, 0.15) is 136 Å². The van der Waals surface area contributed by atoms with E-state index in [-0.39, 0.29) is 12.8 Å². The Balaban J connectivity index is 4.28. The number of ether oxygens (including phenoxy) is 2. The van der Waals surface area contributed by atoms with Crippen molar-refractivity contribution in [3.63, 3.8) is 0 Å². The Morgan fingerprint density at radius 2 is 1.11 bits per heavy atom. The molecule has 0 amide bonds. The molecule has 3 N–H and O–H groups in total. The minimum absolute atomic E-state index is 0.0207. The summed E-state index contributed by atoms with van der Waals surface area (Å²) in [6.45, 7) is 3.32. The van der Waals surface area contributed by atoms with Gasteiger partial charge in [-0.15, -0.1) is 0 Å². The number of hydrogen-bond acceptors (Lipinski definition) is 7. The van der Waals surface area contributed by atoms with Crippen LogP contribution in [-0.4, -0.2) is 52.3 Å². The van der Waals surface area contributed by atoms with E-state index in [0.717, 1.165) is 51.4 Å². The molecule has 0 spiro atoms. The van der Waals surface area contributed by atoms with Crippen molar-refractivity contribution in [3.8, 4) is 0 Å². The molecule has 2 atom stereocenters. The van der Waals surface area contributed by atoms with Gasteiger partial charge in [0.15, 0.2) is 6.10 Å². The van der Waals surface area contributed by atoms with Crippen LogP contribution in [-0.2, 0) is 28.2 Å². The van der Waals surface area contributed by atoms with Crippen LogP contribution in [0.25, 0.3) is 0 Å². The summed E-state index contributed by atoms with van der Waals surface area (Å²) < 4.78 is 26.2. The number of carbonyl (C=O) groups excluding carboxylic acids is 2. The van der Waals surface area contributed by atoms with Crippen molar-refractivity contribution in [2.24, 2.45) is 0 Å². The molecule has 0 bridgehead atoms. The van der Waals surface area contributed by atoms with Crippen molar-refractivity contribution in [1.82, 2.24) is 0 Å². The molecule has 0 aromatic rings. The number of esters is 2. The summed E-state index contributed by atoms with van der Waals surface area (Å²) in [5.74, 6) is -1.19. The highest BCUT2D eigenvalue weighted by molar-refractivity contribution is 7.46. The van der Waals surface area contributed by atoms with E-state index in [2.05, 4.69) is 85.2 Å². The number of aliphatic hydroxyl groups excluding tert-OH is 1. The highest BCUT2D eigenvalue weighted by Gasteiger charge is 2.22. The average Bonchev–Trinajstić information content (AvgIpc) is 3.15. The summed E-state index contributed by atoms with van der Waals surface area (Å²) >= 11 is 0. The van der Waals surface area contributed by atoms with Crippen molar-refractivity contribution in [1.29, 1.82) is 0 Å². The molecule has 0 heterocycles. The number of allylic oxidation sites excluding steroid dienone is 17. The van der Waals surface area contributed by atoms with Gasteiger partial charge >= 0.3 is 19.8 Å². The maximum atomic E-state index is 12.4. The van der Waals surface area contributed by atoms with Crippen molar-refractivity contribution in [2.75, 3.05) is 13.2 Å². The van der Waals surface area contributed by atoms with Crippen molar-refractivity contribution in [2.45, 2.75) is 148 Å². The zero-order chi connectivity index (χ0) is 40.5. The van der Waals surface area contributed by atoms with Crippen LogP contribution in [0, 0.1) is 0 Å². The summed E-state index contributed by atoms with van der Waals surface area (Å²) in [5, 5.41) is 10.2. The predicted molar refractivity (Wildman–Crippen MR) is 226 cm³/mol. The lowest BCUT2D eigenvalue weighted by atomic mass is 10.1. The molecule has 0 aliphatic heterocycles. The van der Waals surface area contributed by atoms with E-state index in [0.29, 0.717) is 19.3 Å². The van der Waals surface area contributed by atoms with Crippen LogP contribution >= 0.6 is 7.82 Å². The molecule has 0 aliphatic rings. The fraction of sp³-hybridized carbons (Fsp3) is 0.556. The third-order valence-corrected chi connectivity index (χ3v) is 8.38. The Labute approximate surface area is 332 Å². The van der Waals surface area contributed by atoms with Crippen LogP contribution in [0.2, 0.25) is 0 Å². The lowest BCUT2D eigenvalue weighted by Gasteiger charge is -2.18. The highest BCUT2D eigenvalue weighted by atomic mass is 31.2. The first-order valence-electron chi connectivity index (χ1n) is 20.3. The SMILES string of the molecule is CC/C=C\C/C=C\C/C=C\C/C=C\C/C=C\C/C=C\CCC(=O)O[C@H](COC(=O)CCCC(O)/C=C/C=C/C/C=C/CCCCCCCC)COP(=O)(O)O. The van der Waals surface area contributed by atoms with Gasteiger partial charge in [-0.2, -0.15) is 0 Å². The van der Waals surface area contributed by atoms with Gasteiger partial charge in [0.1, 0.15) is 6.61 Å². The highest BCUT2D eigenvalue weighted by Crippen LogP contribution is 2.35. The molecular weight excluding hydrogens is 715 g/mol. The lowest BCUT2D eigenvalue weighted by Crippen LogP contribution is -2.29. The first-order chi connectivity index (χ1) is 26.7. The minimum atomic E-state index is -4.83. The molecule has 0 radical (unpaired) electrons. The second-order valence-electron chi connectivity index (χ2n) is 13.1. The van der Waals surface area contributed by atoms with E-state index in [1.807, 2.05) is 30.4 Å². The fourth-order valence-electron chi connectivity index (χ4n) is 4.88. The molecule has 0 saturated heterocycles. The molecule has 0 fully saturated rings. The molecule has 0 saturated carbocycles. The van der Waals surface area contributed by atoms with Gasteiger partial charge in [0.25, 0.3) is 0 Å². The average molecular weight is 787 g/mol.